The quantitative estimate of drug-likeness (QED) is 0.768. The molecule has 120 valence electrons. The molecule has 1 fully saturated rings. The van der Waals surface area contributed by atoms with Crippen LogP contribution in [-0.2, 0) is 0 Å². The Morgan fingerprint density at radius 2 is 1.74 bits per heavy atom. The predicted molar refractivity (Wildman–Crippen MR) is 90.1 cm³/mol. The van der Waals surface area contributed by atoms with Crippen LogP contribution in [0.1, 0.15) is 29.5 Å². The van der Waals surface area contributed by atoms with Crippen LogP contribution in [0.15, 0.2) is 60.7 Å². The lowest BCUT2D eigenvalue weighted by atomic mass is 10.1. The van der Waals surface area contributed by atoms with E-state index in [9.17, 15) is 9.90 Å². The molecule has 2 amide bonds. The second kappa shape index (κ2) is 7.29. The number of aliphatic hydroxyl groups excluding tert-OH is 1. The fourth-order valence-electron chi connectivity index (χ4n) is 2.93. The highest BCUT2D eigenvalue weighted by atomic mass is 16.3. The Kier molecular flexibility index (Phi) is 4.93. The monoisotopic (exact) mass is 310 g/mol. The van der Waals surface area contributed by atoms with Gasteiger partial charge in [0, 0.05) is 6.54 Å². The topological polar surface area (TPSA) is 61.4 Å². The number of hydrogen-bond acceptors (Lipinski definition) is 2. The molecule has 4 heteroatoms. The Morgan fingerprint density at radius 3 is 2.39 bits per heavy atom. The summed E-state index contributed by atoms with van der Waals surface area (Å²) in [6.45, 7) is 0.547. The summed E-state index contributed by atoms with van der Waals surface area (Å²) in [7, 11) is 0. The average molecular weight is 310 g/mol. The molecule has 0 radical (unpaired) electrons. The molecule has 1 saturated carbocycles. The maximum atomic E-state index is 12.0. The zero-order valence-corrected chi connectivity index (χ0v) is 13.0. The van der Waals surface area contributed by atoms with Gasteiger partial charge < -0.3 is 15.7 Å². The second-order valence-electron chi connectivity index (χ2n) is 6.01. The third-order valence-corrected chi connectivity index (χ3v) is 4.36. The molecule has 0 spiro atoms. The van der Waals surface area contributed by atoms with E-state index in [1.807, 2.05) is 36.4 Å². The smallest absolute Gasteiger partial charge is 0.315 e. The minimum atomic E-state index is -0.375. The fraction of sp³-hybridized carbons (Fsp3) is 0.316. The van der Waals surface area contributed by atoms with Crippen LogP contribution < -0.4 is 10.6 Å². The van der Waals surface area contributed by atoms with E-state index in [0.29, 0.717) is 18.4 Å². The molecular weight excluding hydrogens is 288 g/mol. The van der Waals surface area contributed by atoms with E-state index >= 15 is 0 Å². The summed E-state index contributed by atoms with van der Waals surface area (Å²) in [5.41, 5.74) is 2.25. The van der Waals surface area contributed by atoms with Gasteiger partial charge in [-0.25, -0.2) is 4.79 Å². The van der Waals surface area contributed by atoms with Gasteiger partial charge in [-0.3, -0.25) is 0 Å². The molecule has 3 N–H and O–H groups in total. The maximum Gasteiger partial charge on any atom is 0.315 e. The first kappa shape index (κ1) is 15.6. The minimum Gasteiger partial charge on any atom is -0.394 e. The van der Waals surface area contributed by atoms with Crippen molar-refractivity contribution < 1.29 is 9.90 Å². The number of benzene rings is 2. The Hall–Kier alpha value is -2.33. The van der Waals surface area contributed by atoms with Gasteiger partial charge in [-0.15, -0.1) is 0 Å². The lowest BCUT2D eigenvalue weighted by molar-refractivity contribution is 0.216. The molecule has 3 atom stereocenters. The molecule has 0 heterocycles. The highest BCUT2D eigenvalue weighted by molar-refractivity contribution is 5.74. The number of rotatable bonds is 6. The number of aliphatic hydroxyl groups is 1. The van der Waals surface area contributed by atoms with E-state index in [1.54, 1.807) is 0 Å². The largest absolute Gasteiger partial charge is 0.394 e. The van der Waals surface area contributed by atoms with Crippen molar-refractivity contribution in [2.24, 2.45) is 5.92 Å². The Morgan fingerprint density at radius 1 is 1.09 bits per heavy atom. The summed E-state index contributed by atoms with van der Waals surface area (Å²) in [5, 5.41) is 15.2. The van der Waals surface area contributed by atoms with Crippen molar-refractivity contribution in [3.05, 3.63) is 71.8 Å². The summed E-state index contributed by atoms with van der Waals surface area (Å²) >= 11 is 0. The third-order valence-electron chi connectivity index (χ3n) is 4.36. The van der Waals surface area contributed by atoms with Crippen LogP contribution in [0.25, 0.3) is 0 Å². The maximum absolute atomic E-state index is 12.0. The highest BCUT2D eigenvalue weighted by Crippen LogP contribution is 2.46. The first-order chi connectivity index (χ1) is 11.3. The van der Waals surface area contributed by atoms with Crippen molar-refractivity contribution >= 4 is 6.03 Å². The van der Waals surface area contributed by atoms with Crippen LogP contribution in [-0.4, -0.2) is 24.3 Å². The summed E-state index contributed by atoms with van der Waals surface area (Å²) in [4.78, 5) is 12.0. The van der Waals surface area contributed by atoms with E-state index in [0.717, 1.165) is 12.0 Å². The van der Waals surface area contributed by atoms with Gasteiger partial charge in [-0.1, -0.05) is 60.7 Å². The predicted octanol–water partition coefficient (Wildman–Crippen LogP) is 2.82. The normalized spacial score (nSPS) is 20.6. The molecule has 4 nitrogen and oxygen atoms in total. The van der Waals surface area contributed by atoms with Crippen LogP contribution >= 0.6 is 0 Å². The first-order valence-corrected chi connectivity index (χ1v) is 8.03. The number of amides is 2. The van der Waals surface area contributed by atoms with Gasteiger partial charge in [-0.2, -0.15) is 0 Å². The van der Waals surface area contributed by atoms with Gasteiger partial charge in [0.25, 0.3) is 0 Å². The van der Waals surface area contributed by atoms with E-state index in [4.69, 9.17) is 0 Å². The number of carbonyl (C=O) groups is 1. The number of nitrogens with one attached hydrogen (secondary N) is 2. The van der Waals surface area contributed by atoms with Crippen LogP contribution in [0.2, 0.25) is 0 Å². The van der Waals surface area contributed by atoms with Crippen molar-refractivity contribution in [3.63, 3.8) is 0 Å². The van der Waals surface area contributed by atoms with Crippen molar-refractivity contribution in [2.75, 3.05) is 13.2 Å². The number of urea groups is 1. The second-order valence-corrected chi connectivity index (χ2v) is 6.01. The molecule has 1 aliphatic carbocycles. The summed E-state index contributed by atoms with van der Waals surface area (Å²) in [6.07, 6.45) is 1.12. The average Bonchev–Trinajstić information content (AvgIpc) is 3.39. The van der Waals surface area contributed by atoms with Gasteiger partial charge in [0.1, 0.15) is 0 Å². The lowest BCUT2D eigenvalue weighted by Crippen LogP contribution is -2.40. The Bertz CT molecular complexity index is 630. The highest BCUT2D eigenvalue weighted by Gasteiger charge is 2.38. The number of carbonyl (C=O) groups excluding carboxylic acids is 1. The van der Waals surface area contributed by atoms with E-state index in [-0.39, 0.29) is 18.7 Å². The van der Waals surface area contributed by atoms with Crippen molar-refractivity contribution in [3.8, 4) is 0 Å². The van der Waals surface area contributed by atoms with Crippen molar-refractivity contribution in [1.29, 1.82) is 0 Å². The molecule has 0 saturated heterocycles. The molecule has 1 aliphatic rings. The molecule has 0 bridgehead atoms. The Balaban J connectivity index is 1.45. The van der Waals surface area contributed by atoms with Gasteiger partial charge in [-0.05, 0) is 29.4 Å². The van der Waals surface area contributed by atoms with Gasteiger partial charge in [0.05, 0.1) is 12.6 Å². The van der Waals surface area contributed by atoms with Crippen molar-refractivity contribution in [1.82, 2.24) is 10.6 Å². The zero-order chi connectivity index (χ0) is 16.1. The first-order valence-electron chi connectivity index (χ1n) is 8.03. The molecular formula is C19H22N2O2. The van der Waals surface area contributed by atoms with Gasteiger partial charge >= 0.3 is 6.03 Å². The molecule has 0 aromatic heterocycles. The summed E-state index contributed by atoms with van der Waals surface area (Å²) in [6, 6.07) is 19.3. The van der Waals surface area contributed by atoms with E-state index in [1.165, 1.54) is 5.56 Å². The van der Waals surface area contributed by atoms with Gasteiger partial charge in [0.2, 0.25) is 0 Å². The van der Waals surface area contributed by atoms with Crippen LogP contribution in [0, 0.1) is 5.92 Å². The lowest BCUT2D eigenvalue weighted by Gasteiger charge is -2.17. The standard InChI is InChI=1S/C19H22N2O2/c22-13-18(15-9-5-2-6-10-15)21-19(23)20-12-16-11-17(16)14-7-3-1-4-8-14/h1-10,16-18,22H,11-13H2,(H2,20,21,23)/t16-,17-,18-/m1/s1. The fourth-order valence-corrected chi connectivity index (χ4v) is 2.93. The molecule has 2 aromatic carbocycles. The van der Waals surface area contributed by atoms with E-state index < -0.39 is 0 Å². The van der Waals surface area contributed by atoms with Crippen LogP contribution in [0.4, 0.5) is 4.79 Å². The molecule has 0 aliphatic heterocycles. The minimum absolute atomic E-state index is 0.118. The van der Waals surface area contributed by atoms with Gasteiger partial charge in [0.15, 0.2) is 0 Å². The zero-order valence-electron chi connectivity index (χ0n) is 13.0. The van der Waals surface area contributed by atoms with Crippen molar-refractivity contribution in [2.45, 2.75) is 18.4 Å². The molecule has 23 heavy (non-hydrogen) atoms. The summed E-state index contributed by atoms with van der Waals surface area (Å²) in [5.74, 6) is 1.06. The summed E-state index contributed by atoms with van der Waals surface area (Å²) < 4.78 is 0. The SMILES string of the molecule is O=C(NC[C@H]1C[C@@H]1c1ccccc1)N[C@H](CO)c1ccccc1. The third kappa shape index (κ3) is 4.11. The molecule has 2 aromatic rings. The van der Waals surface area contributed by atoms with E-state index in [2.05, 4.69) is 34.9 Å². The van der Waals surface area contributed by atoms with Crippen LogP contribution in [0.3, 0.4) is 0 Å². The van der Waals surface area contributed by atoms with Crippen LogP contribution in [0.5, 0.6) is 0 Å². The Labute approximate surface area is 136 Å². The number of hydrogen-bond donors (Lipinski definition) is 3. The molecule has 0 unspecified atom stereocenters. The molecule has 3 rings (SSSR count).